The second kappa shape index (κ2) is 9.77. The van der Waals surface area contributed by atoms with Crippen molar-refractivity contribution in [2.45, 2.75) is 75.6 Å². The Kier molecular flexibility index (Phi) is 6.99. The average molecular weight is 472 g/mol. The Labute approximate surface area is 195 Å². The number of hydrogen-bond acceptors (Lipinski definition) is 6. The number of hydrogen-bond donors (Lipinski definition) is 3. The molecule has 1 aliphatic heterocycles. The van der Waals surface area contributed by atoms with Crippen LogP contribution in [0.25, 0.3) is 0 Å². The minimum atomic E-state index is -3.62. The fourth-order valence-electron chi connectivity index (χ4n) is 4.82. The first-order chi connectivity index (χ1) is 15.8. The number of H-pyrrole nitrogens is 1. The zero-order chi connectivity index (χ0) is 23.6. The molecule has 1 saturated heterocycles. The number of piperidine rings is 1. The van der Waals surface area contributed by atoms with Gasteiger partial charge in [0.25, 0.3) is 5.56 Å². The number of nitrogens with zero attached hydrogens (tertiary/aromatic N) is 2. The number of aromatic nitrogens is 2. The molecule has 2 heterocycles. The Bertz CT molecular complexity index is 1170. The summed E-state index contributed by atoms with van der Waals surface area (Å²) in [7, 11) is -3.62. The van der Waals surface area contributed by atoms with Gasteiger partial charge in [-0.05, 0) is 51.7 Å². The highest BCUT2D eigenvalue weighted by molar-refractivity contribution is 7.89. The third-order valence-electron chi connectivity index (χ3n) is 6.69. The van der Waals surface area contributed by atoms with E-state index in [-0.39, 0.29) is 40.2 Å². The summed E-state index contributed by atoms with van der Waals surface area (Å²) in [5, 5.41) is 11.5. The number of rotatable bonds is 6. The van der Waals surface area contributed by atoms with Crippen LogP contribution < -0.4 is 10.9 Å². The number of aryl methyl sites for hydroxylation is 1. The van der Waals surface area contributed by atoms with E-state index in [1.807, 2.05) is 6.92 Å². The first-order valence-corrected chi connectivity index (χ1v) is 13.2. The first-order valence-electron chi connectivity index (χ1n) is 11.8. The van der Waals surface area contributed by atoms with Gasteiger partial charge in [0.15, 0.2) is 0 Å². The zero-order valence-electron chi connectivity index (χ0n) is 19.4. The Morgan fingerprint density at radius 1 is 1.12 bits per heavy atom. The number of benzene rings is 1. The van der Waals surface area contributed by atoms with Gasteiger partial charge in [-0.2, -0.15) is 4.31 Å². The molecule has 2 aliphatic rings. The quantitative estimate of drug-likeness (QED) is 0.554. The molecule has 0 bridgehead atoms. The molecule has 0 radical (unpaired) electrons. The predicted molar refractivity (Wildman–Crippen MR) is 130 cm³/mol. The maximum atomic E-state index is 13.2. The molecule has 178 valence electrons. The Morgan fingerprint density at radius 3 is 2.48 bits per heavy atom. The molecule has 9 heteroatoms. The molecule has 3 N–H and O–H groups in total. The normalized spacial score (nSPS) is 20.5. The number of anilines is 1. The molecule has 4 rings (SSSR count). The van der Waals surface area contributed by atoms with E-state index in [2.05, 4.69) is 10.3 Å². The molecule has 1 unspecified atom stereocenters. The van der Waals surface area contributed by atoms with Gasteiger partial charge in [-0.3, -0.25) is 4.79 Å². The van der Waals surface area contributed by atoms with Gasteiger partial charge < -0.3 is 15.7 Å². The summed E-state index contributed by atoms with van der Waals surface area (Å²) in [6.07, 6.45) is 6.97. The highest BCUT2D eigenvalue weighted by Gasteiger charge is 2.32. The minimum absolute atomic E-state index is 0.167. The Hall–Kier alpha value is -2.52. The molecule has 0 amide bonds. The van der Waals surface area contributed by atoms with Gasteiger partial charge in [0.2, 0.25) is 10.0 Å². The van der Waals surface area contributed by atoms with Crippen molar-refractivity contribution >= 4 is 21.6 Å². The summed E-state index contributed by atoms with van der Waals surface area (Å²) >= 11 is 0. The first kappa shape index (κ1) is 23.6. The van der Waals surface area contributed by atoms with Crippen molar-refractivity contribution in [1.82, 2.24) is 14.3 Å². The number of nitrogens with one attached hydrogen (secondary N) is 3. The van der Waals surface area contributed by atoms with Gasteiger partial charge in [-0.15, -0.1) is 0 Å². The molecule has 1 saturated carbocycles. The molecule has 2 aromatic rings. The molecule has 1 aliphatic carbocycles. The van der Waals surface area contributed by atoms with Crippen LogP contribution in [0.3, 0.4) is 0 Å². The smallest absolute Gasteiger partial charge is 0.262 e. The van der Waals surface area contributed by atoms with Crippen molar-refractivity contribution in [2.75, 3.05) is 18.4 Å². The lowest BCUT2D eigenvalue weighted by atomic mass is 9.95. The van der Waals surface area contributed by atoms with E-state index in [9.17, 15) is 13.2 Å². The zero-order valence-corrected chi connectivity index (χ0v) is 20.2. The number of aromatic amines is 1. The minimum Gasteiger partial charge on any atom is -0.367 e. The van der Waals surface area contributed by atoms with Crippen LogP contribution in [0.15, 0.2) is 34.0 Å². The van der Waals surface area contributed by atoms with Crippen molar-refractivity contribution < 1.29 is 8.42 Å². The van der Waals surface area contributed by atoms with Crippen molar-refractivity contribution in [3.8, 4) is 0 Å². The van der Waals surface area contributed by atoms with E-state index >= 15 is 0 Å². The van der Waals surface area contributed by atoms with Gasteiger partial charge in [-0.1, -0.05) is 37.0 Å². The third kappa shape index (κ3) is 5.19. The maximum Gasteiger partial charge on any atom is 0.262 e. The van der Waals surface area contributed by atoms with Crippen LogP contribution in [0.1, 0.15) is 74.7 Å². The van der Waals surface area contributed by atoms with Crippen LogP contribution in [-0.2, 0) is 10.0 Å². The van der Waals surface area contributed by atoms with Gasteiger partial charge in [0, 0.05) is 30.8 Å². The van der Waals surface area contributed by atoms with Crippen LogP contribution >= 0.6 is 0 Å². The van der Waals surface area contributed by atoms with E-state index in [4.69, 9.17) is 10.4 Å². The monoisotopic (exact) mass is 471 g/mol. The molecular formula is C24H33N5O3S. The topological polar surface area (TPSA) is 119 Å². The lowest BCUT2D eigenvalue weighted by Crippen LogP contribution is -2.40. The molecule has 0 spiro atoms. The van der Waals surface area contributed by atoms with Gasteiger partial charge >= 0.3 is 0 Å². The van der Waals surface area contributed by atoms with Crippen molar-refractivity contribution in [3.63, 3.8) is 0 Å². The van der Waals surface area contributed by atoms with E-state index in [0.29, 0.717) is 24.6 Å². The standard InChI is InChI=1S/C24H33N5O3S/c1-16-10-12-20(13-11-16)33(31,32)29-14-6-7-18(15-29)22-27-23(21(17(2)25)24(30)28-22)26-19-8-4-3-5-9-19/h10-13,18-19,25H,3-9,14-15H2,1-2H3,(H2,26,27,28,30). The van der Waals surface area contributed by atoms with Gasteiger partial charge in [0.1, 0.15) is 17.2 Å². The second-order valence-electron chi connectivity index (χ2n) is 9.29. The molecule has 1 aromatic carbocycles. The lowest BCUT2D eigenvalue weighted by Gasteiger charge is -2.32. The molecule has 1 atom stereocenters. The van der Waals surface area contributed by atoms with Crippen molar-refractivity contribution in [2.24, 2.45) is 0 Å². The molecule has 2 fully saturated rings. The van der Waals surface area contributed by atoms with Crippen molar-refractivity contribution in [3.05, 3.63) is 51.6 Å². The summed E-state index contributed by atoms with van der Waals surface area (Å²) < 4.78 is 27.9. The van der Waals surface area contributed by atoms with E-state index < -0.39 is 10.0 Å². The fourth-order valence-corrected chi connectivity index (χ4v) is 6.34. The molecule has 8 nitrogen and oxygen atoms in total. The fraction of sp³-hybridized carbons (Fsp3) is 0.542. The predicted octanol–water partition coefficient (Wildman–Crippen LogP) is 3.78. The van der Waals surface area contributed by atoms with E-state index in [1.54, 1.807) is 31.2 Å². The van der Waals surface area contributed by atoms with Crippen LogP contribution in [0, 0.1) is 12.3 Å². The molecule has 1 aromatic heterocycles. The van der Waals surface area contributed by atoms with Crippen LogP contribution in [0.5, 0.6) is 0 Å². The highest BCUT2D eigenvalue weighted by Crippen LogP contribution is 2.30. The SMILES string of the molecule is CC(=N)c1c(NC2CCCCC2)nc(C2CCCN(S(=O)(=O)c3ccc(C)cc3)C2)[nH]c1=O. The second-order valence-corrected chi connectivity index (χ2v) is 11.2. The summed E-state index contributed by atoms with van der Waals surface area (Å²) in [5.74, 6) is 0.734. The van der Waals surface area contributed by atoms with E-state index in [1.165, 1.54) is 10.7 Å². The lowest BCUT2D eigenvalue weighted by molar-refractivity contribution is 0.309. The van der Waals surface area contributed by atoms with E-state index in [0.717, 1.165) is 37.7 Å². The summed E-state index contributed by atoms with van der Waals surface area (Å²) in [6, 6.07) is 7.12. The van der Waals surface area contributed by atoms with Gasteiger partial charge in [0.05, 0.1) is 4.90 Å². The average Bonchev–Trinajstić information content (AvgIpc) is 2.79. The largest absolute Gasteiger partial charge is 0.367 e. The summed E-state index contributed by atoms with van der Waals surface area (Å²) in [6.45, 7) is 4.23. The molecule has 33 heavy (non-hydrogen) atoms. The number of sulfonamides is 1. The van der Waals surface area contributed by atoms with Gasteiger partial charge in [-0.25, -0.2) is 13.4 Å². The van der Waals surface area contributed by atoms with Crippen LogP contribution in [0.2, 0.25) is 0 Å². The Balaban J connectivity index is 1.62. The van der Waals surface area contributed by atoms with Crippen molar-refractivity contribution in [1.29, 1.82) is 5.41 Å². The van der Waals surface area contributed by atoms with Crippen LogP contribution in [-0.4, -0.2) is 47.5 Å². The Morgan fingerprint density at radius 2 is 1.82 bits per heavy atom. The summed E-state index contributed by atoms with van der Waals surface area (Å²) in [5.41, 5.74) is 1.10. The summed E-state index contributed by atoms with van der Waals surface area (Å²) in [4.78, 5) is 20.8. The highest BCUT2D eigenvalue weighted by atomic mass is 32.2. The van der Waals surface area contributed by atoms with Crippen LogP contribution in [0.4, 0.5) is 5.82 Å². The third-order valence-corrected chi connectivity index (χ3v) is 8.57. The molecular weight excluding hydrogens is 438 g/mol. The maximum absolute atomic E-state index is 13.2.